The Morgan fingerprint density at radius 3 is 2.62 bits per heavy atom. The second-order valence-electron chi connectivity index (χ2n) is 6.12. The molecule has 1 aliphatic rings. The molecule has 1 aliphatic heterocycles. The van der Waals surface area contributed by atoms with E-state index in [-0.39, 0.29) is 0 Å². The summed E-state index contributed by atoms with van der Waals surface area (Å²) in [5.74, 6) is 1.11. The average Bonchev–Trinajstić information content (AvgIpc) is 2.84. The van der Waals surface area contributed by atoms with E-state index in [1.54, 1.807) is 0 Å². The highest BCUT2D eigenvalue weighted by molar-refractivity contribution is 5.56. The Morgan fingerprint density at radius 1 is 1.24 bits per heavy atom. The molecule has 2 unspecified atom stereocenters. The van der Waals surface area contributed by atoms with Gasteiger partial charge in [0.2, 0.25) is 0 Å². The Morgan fingerprint density at radius 2 is 1.95 bits per heavy atom. The molecule has 0 radical (unpaired) electrons. The summed E-state index contributed by atoms with van der Waals surface area (Å²) in [5.41, 5.74) is 8.06. The van der Waals surface area contributed by atoms with Crippen LogP contribution in [0.15, 0.2) is 24.4 Å². The quantitative estimate of drug-likeness (QED) is 0.926. The number of piperazine rings is 1. The van der Waals surface area contributed by atoms with E-state index in [1.165, 1.54) is 5.69 Å². The Kier molecular flexibility index (Phi) is 3.87. The van der Waals surface area contributed by atoms with Crippen molar-refractivity contribution in [1.29, 1.82) is 0 Å². The summed E-state index contributed by atoms with van der Waals surface area (Å²) >= 11 is 0. The zero-order valence-corrected chi connectivity index (χ0v) is 13.2. The van der Waals surface area contributed by atoms with Crippen molar-refractivity contribution in [3.63, 3.8) is 0 Å². The molecule has 0 spiro atoms. The van der Waals surface area contributed by atoms with Crippen LogP contribution in [0, 0.1) is 0 Å². The van der Waals surface area contributed by atoms with Crippen molar-refractivity contribution in [2.24, 2.45) is 5.73 Å². The van der Waals surface area contributed by atoms with Gasteiger partial charge in [0.1, 0.15) is 5.65 Å². The molecule has 3 heterocycles. The van der Waals surface area contributed by atoms with Gasteiger partial charge in [-0.3, -0.25) is 4.90 Å². The van der Waals surface area contributed by atoms with Gasteiger partial charge < -0.3 is 15.0 Å². The predicted octanol–water partition coefficient (Wildman–Crippen LogP) is 1.36. The Labute approximate surface area is 126 Å². The van der Waals surface area contributed by atoms with Gasteiger partial charge in [-0.05, 0) is 39.6 Å². The second kappa shape index (κ2) is 5.66. The maximum Gasteiger partial charge on any atom is 0.151 e. The number of nitrogens with two attached hydrogens (primary N) is 1. The molecule has 114 valence electrons. The minimum atomic E-state index is 0.532. The molecule has 0 aromatic carbocycles. The molecule has 3 rings (SSSR count). The third-order valence-electron chi connectivity index (χ3n) is 4.65. The van der Waals surface area contributed by atoms with Gasteiger partial charge in [-0.2, -0.15) is 0 Å². The summed E-state index contributed by atoms with van der Waals surface area (Å²) in [6.07, 6.45) is 2.94. The third kappa shape index (κ3) is 2.51. The van der Waals surface area contributed by atoms with Gasteiger partial charge in [-0.25, -0.2) is 4.98 Å². The molecule has 0 saturated carbocycles. The summed E-state index contributed by atoms with van der Waals surface area (Å²) in [7, 11) is 2.21. The van der Waals surface area contributed by atoms with Crippen LogP contribution in [0.2, 0.25) is 0 Å². The van der Waals surface area contributed by atoms with Crippen LogP contribution in [-0.4, -0.2) is 53.1 Å². The molecule has 0 bridgehead atoms. The topological polar surface area (TPSA) is 49.8 Å². The van der Waals surface area contributed by atoms with Crippen molar-refractivity contribution in [3.05, 3.63) is 30.1 Å². The molecule has 5 heteroatoms. The number of anilines is 1. The lowest BCUT2D eigenvalue weighted by Gasteiger charge is -2.42. The van der Waals surface area contributed by atoms with Crippen LogP contribution in [-0.2, 0) is 6.42 Å². The van der Waals surface area contributed by atoms with Crippen molar-refractivity contribution < 1.29 is 0 Å². The van der Waals surface area contributed by atoms with Crippen molar-refractivity contribution in [3.8, 4) is 0 Å². The van der Waals surface area contributed by atoms with Crippen molar-refractivity contribution >= 4 is 11.5 Å². The lowest BCUT2D eigenvalue weighted by molar-refractivity contribution is 0.169. The lowest BCUT2D eigenvalue weighted by atomic mass is 10.1. The van der Waals surface area contributed by atoms with Crippen LogP contribution in [0.3, 0.4) is 0 Å². The Bertz CT molecular complexity index is 608. The molecule has 1 saturated heterocycles. The molecular weight excluding hydrogens is 262 g/mol. The highest BCUT2D eigenvalue weighted by atomic mass is 15.3. The first-order chi connectivity index (χ1) is 10.1. The number of nitrogens with zero attached hydrogens (tertiary/aromatic N) is 4. The molecule has 2 atom stereocenters. The van der Waals surface area contributed by atoms with E-state index in [0.717, 1.165) is 31.0 Å². The fourth-order valence-corrected chi connectivity index (χ4v) is 3.23. The maximum atomic E-state index is 5.82. The fraction of sp³-hybridized carbons (Fsp3) is 0.562. The van der Waals surface area contributed by atoms with Crippen LogP contribution >= 0.6 is 0 Å². The van der Waals surface area contributed by atoms with E-state index in [2.05, 4.69) is 47.4 Å². The van der Waals surface area contributed by atoms with E-state index in [0.29, 0.717) is 18.6 Å². The Balaban J connectivity index is 2.01. The SMILES string of the molecule is CC1CN(c2nc3ccccn3c2CCN)CC(C)N1C. The zero-order valence-electron chi connectivity index (χ0n) is 13.2. The van der Waals surface area contributed by atoms with Gasteiger partial charge in [-0.15, -0.1) is 0 Å². The molecular formula is C16H25N5. The molecule has 2 aromatic heterocycles. The van der Waals surface area contributed by atoms with E-state index < -0.39 is 0 Å². The van der Waals surface area contributed by atoms with Gasteiger partial charge in [0.15, 0.2) is 5.82 Å². The van der Waals surface area contributed by atoms with Crippen LogP contribution < -0.4 is 10.6 Å². The molecule has 1 fully saturated rings. The number of fused-ring (bicyclic) bond motifs is 1. The highest BCUT2D eigenvalue weighted by Gasteiger charge is 2.29. The van der Waals surface area contributed by atoms with Crippen molar-refractivity contribution in [2.45, 2.75) is 32.4 Å². The second-order valence-corrected chi connectivity index (χ2v) is 6.12. The van der Waals surface area contributed by atoms with Crippen LogP contribution in [0.5, 0.6) is 0 Å². The maximum absolute atomic E-state index is 5.82. The third-order valence-corrected chi connectivity index (χ3v) is 4.65. The first-order valence-electron chi connectivity index (χ1n) is 7.74. The average molecular weight is 287 g/mol. The molecule has 21 heavy (non-hydrogen) atoms. The van der Waals surface area contributed by atoms with Crippen molar-refractivity contribution in [2.75, 3.05) is 31.6 Å². The monoisotopic (exact) mass is 287 g/mol. The summed E-state index contributed by atoms with van der Waals surface area (Å²) in [6, 6.07) is 7.21. The summed E-state index contributed by atoms with van der Waals surface area (Å²) < 4.78 is 2.18. The number of hydrogen-bond acceptors (Lipinski definition) is 4. The predicted molar refractivity (Wildman–Crippen MR) is 86.9 cm³/mol. The lowest BCUT2D eigenvalue weighted by Crippen LogP contribution is -2.55. The van der Waals surface area contributed by atoms with Crippen LogP contribution in [0.1, 0.15) is 19.5 Å². The minimum Gasteiger partial charge on any atom is -0.352 e. The van der Waals surface area contributed by atoms with Gasteiger partial charge in [-0.1, -0.05) is 6.07 Å². The van der Waals surface area contributed by atoms with Crippen LogP contribution in [0.25, 0.3) is 5.65 Å². The summed E-state index contributed by atoms with van der Waals surface area (Å²) in [5, 5.41) is 0. The first-order valence-corrected chi connectivity index (χ1v) is 7.74. The fourth-order valence-electron chi connectivity index (χ4n) is 3.23. The number of rotatable bonds is 3. The molecule has 2 aromatic rings. The molecule has 0 amide bonds. The first kappa shape index (κ1) is 14.4. The normalized spacial score (nSPS) is 23.9. The van der Waals surface area contributed by atoms with Gasteiger partial charge in [0.25, 0.3) is 0 Å². The largest absolute Gasteiger partial charge is 0.352 e. The van der Waals surface area contributed by atoms with E-state index >= 15 is 0 Å². The summed E-state index contributed by atoms with van der Waals surface area (Å²) in [6.45, 7) is 7.24. The number of hydrogen-bond donors (Lipinski definition) is 1. The van der Waals surface area contributed by atoms with Crippen LogP contribution in [0.4, 0.5) is 5.82 Å². The molecule has 2 N–H and O–H groups in total. The minimum absolute atomic E-state index is 0.532. The number of imidazole rings is 1. The van der Waals surface area contributed by atoms with E-state index in [9.17, 15) is 0 Å². The van der Waals surface area contributed by atoms with E-state index in [4.69, 9.17) is 10.7 Å². The summed E-state index contributed by atoms with van der Waals surface area (Å²) in [4.78, 5) is 9.73. The number of aromatic nitrogens is 2. The Hall–Kier alpha value is -1.59. The highest BCUT2D eigenvalue weighted by Crippen LogP contribution is 2.26. The smallest absolute Gasteiger partial charge is 0.151 e. The molecule has 5 nitrogen and oxygen atoms in total. The van der Waals surface area contributed by atoms with Gasteiger partial charge in [0, 0.05) is 37.8 Å². The standard InChI is InChI=1S/C16H25N5/c1-12-10-20(11-13(2)19(12)3)16-14(7-8-17)21-9-5-4-6-15(21)18-16/h4-6,9,12-13H,7-8,10-11,17H2,1-3H3. The van der Waals surface area contributed by atoms with E-state index in [1.807, 2.05) is 12.1 Å². The van der Waals surface area contributed by atoms with Gasteiger partial charge >= 0.3 is 0 Å². The number of likely N-dealkylation sites (N-methyl/N-ethyl adjacent to an activating group) is 1. The van der Waals surface area contributed by atoms with Crippen molar-refractivity contribution in [1.82, 2.24) is 14.3 Å². The number of pyridine rings is 1. The van der Waals surface area contributed by atoms with Gasteiger partial charge in [0.05, 0.1) is 5.69 Å². The zero-order chi connectivity index (χ0) is 15.0. The molecule has 0 aliphatic carbocycles.